The molecule has 0 spiro atoms. The molecule has 0 saturated heterocycles. The fourth-order valence-corrected chi connectivity index (χ4v) is 4.46. The number of methoxy groups -OCH3 is 3. The van der Waals surface area contributed by atoms with E-state index < -0.39 is 13.0 Å². The Morgan fingerprint density at radius 2 is 1.82 bits per heavy atom. The van der Waals surface area contributed by atoms with Gasteiger partial charge in [0.2, 0.25) is 17.6 Å². The Morgan fingerprint density at radius 3 is 2.45 bits per heavy atom. The van der Waals surface area contributed by atoms with E-state index in [0.29, 0.717) is 35.8 Å². The number of benzene rings is 2. The van der Waals surface area contributed by atoms with Crippen molar-refractivity contribution in [1.29, 1.82) is 0 Å². The van der Waals surface area contributed by atoms with Crippen LogP contribution in [0, 0.1) is 0 Å². The highest BCUT2D eigenvalue weighted by Crippen LogP contribution is 2.50. The quantitative estimate of drug-likeness (QED) is 0.195. The first-order chi connectivity index (χ1) is 18.2. The van der Waals surface area contributed by atoms with Crippen LogP contribution in [0.1, 0.15) is 36.9 Å². The predicted molar refractivity (Wildman–Crippen MR) is 142 cm³/mol. The molecule has 3 rings (SSSR count). The number of hydrogen-bond acceptors (Lipinski definition) is 9. The standard InChI is InChI=1S/C26H34BN3O8/c1-15(31)30-20-9-6-16-12-21(35-3)25(36-4)26(37-5)24(16)18-8-7-17(13-19(18)20)38-23(33)10-11-28-22(32)14-29-27(2)34/h7-8,12-13,20,29,34H,6,9-11,14H2,1-5H3,(H,28,32)(H,30,31)/t20-/m0/s1. The molecule has 0 heterocycles. The van der Waals surface area contributed by atoms with Crippen LogP contribution in [0.25, 0.3) is 11.1 Å². The predicted octanol–water partition coefficient (Wildman–Crippen LogP) is 1.61. The van der Waals surface area contributed by atoms with Crippen LogP contribution in [0.15, 0.2) is 24.3 Å². The Kier molecular flexibility index (Phi) is 9.97. The van der Waals surface area contributed by atoms with Crippen molar-refractivity contribution >= 4 is 24.8 Å². The van der Waals surface area contributed by atoms with Gasteiger partial charge >= 0.3 is 13.0 Å². The minimum absolute atomic E-state index is 0.0414. The van der Waals surface area contributed by atoms with E-state index in [4.69, 9.17) is 18.9 Å². The molecule has 204 valence electrons. The number of amides is 2. The van der Waals surface area contributed by atoms with E-state index in [1.54, 1.807) is 33.5 Å². The molecule has 38 heavy (non-hydrogen) atoms. The second-order valence-corrected chi connectivity index (χ2v) is 8.85. The highest BCUT2D eigenvalue weighted by atomic mass is 16.5. The zero-order valence-corrected chi connectivity index (χ0v) is 22.3. The summed E-state index contributed by atoms with van der Waals surface area (Å²) >= 11 is 0. The highest BCUT2D eigenvalue weighted by Gasteiger charge is 2.29. The van der Waals surface area contributed by atoms with Gasteiger partial charge in [-0.1, -0.05) is 6.07 Å². The molecular formula is C26H34BN3O8. The van der Waals surface area contributed by atoms with Crippen LogP contribution >= 0.6 is 0 Å². The normalized spacial score (nSPS) is 13.8. The van der Waals surface area contributed by atoms with E-state index in [-0.39, 0.29) is 37.4 Å². The zero-order chi connectivity index (χ0) is 27.8. The van der Waals surface area contributed by atoms with Crippen LogP contribution in [0.2, 0.25) is 6.82 Å². The number of carbonyl (C=O) groups is 3. The molecular weight excluding hydrogens is 493 g/mol. The molecule has 11 nitrogen and oxygen atoms in total. The summed E-state index contributed by atoms with van der Waals surface area (Å²) in [6.07, 6.45) is 1.19. The van der Waals surface area contributed by atoms with Gasteiger partial charge < -0.3 is 39.8 Å². The number of aryl methyl sites for hydroxylation is 1. The summed E-state index contributed by atoms with van der Waals surface area (Å²) in [6, 6.07) is 6.82. The number of esters is 1. The highest BCUT2D eigenvalue weighted by molar-refractivity contribution is 6.45. The monoisotopic (exact) mass is 527 g/mol. The lowest BCUT2D eigenvalue weighted by molar-refractivity contribution is -0.134. The van der Waals surface area contributed by atoms with E-state index in [1.165, 1.54) is 13.7 Å². The molecule has 0 radical (unpaired) electrons. The molecule has 1 aliphatic rings. The van der Waals surface area contributed by atoms with Gasteiger partial charge in [0.05, 0.1) is 40.3 Å². The summed E-state index contributed by atoms with van der Waals surface area (Å²) in [5, 5.41) is 17.3. The first kappa shape index (κ1) is 28.8. The SMILES string of the molecule is COc1cc2c(c(OC)c1OC)-c1ccc(OC(=O)CCNC(=O)CNB(C)O)cc1[C@@H](NC(C)=O)CC2. The third-order valence-corrected chi connectivity index (χ3v) is 6.10. The minimum Gasteiger partial charge on any atom is -0.493 e. The van der Waals surface area contributed by atoms with Crippen molar-refractivity contribution < 1.29 is 38.4 Å². The molecule has 1 aliphatic carbocycles. The van der Waals surface area contributed by atoms with E-state index in [1.807, 2.05) is 12.1 Å². The number of carbonyl (C=O) groups excluding carboxylic acids is 3. The molecule has 1 atom stereocenters. The summed E-state index contributed by atoms with van der Waals surface area (Å²) in [7, 11) is 3.85. The van der Waals surface area contributed by atoms with Crippen LogP contribution < -0.4 is 34.8 Å². The molecule has 12 heteroatoms. The number of nitrogens with one attached hydrogen (secondary N) is 3. The first-order valence-electron chi connectivity index (χ1n) is 12.3. The fraction of sp³-hybridized carbons (Fsp3) is 0.423. The molecule has 2 amide bonds. The lowest BCUT2D eigenvalue weighted by Gasteiger charge is -2.21. The lowest BCUT2D eigenvalue weighted by Crippen LogP contribution is -2.41. The Morgan fingerprint density at radius 1 is 1.08 bits per heavy atom. The molecule has 0 bridgehead atoms. The number of ether oxygens (including phenoxy) is 4. The molecule has 0 aromatic heterocycles. The summed E-state index contributed by atoms with van der Waals surface area (Å²) in [5.41, 5.74) is 3.37. The van der Waals surface area contributed by atoms with Gasteiger partial charge in [-0.2, -0.15) is 0 Å². The maximum absolute atomic E-state index is 12.5. The van der Waals surface area contributed by atoms with Gasteiger partial charge in [0.25, 0.3) is 0 Å². The van der Waals surface area contributed by atoms with Crippen LogP contribution in [-0.4, -0.2) is 64.3 Å². The van der Waals surface area contributed by atoms with Crippen LogP contribution in [0.3, 0.4) is 0 Å². The molecule has 0 saturated carbocycles. The van der Waals surface area contributed by atoms with Crippen molar-refractivity contribution in [3.05, 3.63) is 35.4 Å². The summed E-state index contributed by atoms with van der Waals surface area (Å²) in [5.74, 6) is 0.772. The summed E-state index contributed by atoms with van der Waals surface area (Å²) in [4.78, 5) is 36.2. The molecule has 0 fully saturated rings. The summed E-state index contributed by atoms with van der Waals surface area (Å²) in [6.45, 7) is 2.98. The average molecular weight is 527 g/mol. The average Bonchev–Trinajstić information content (AvgIpc) is 3.02. The summed E-state index contributed by atoms with van der Waals surface area (Å²) < 4.78 is 22.4. The van der Waals surface area contributed by atoms with Crippen LogP contribution in [0.5, 0.6) is 23.0 Å². The number of hydrogen-bond donors (Lipinski definition) is 4. The maximum Gasteiger partial charge on any atom is 0.374 e. The Balaban J connectivity index is 1.89. The molecule has 2 aromatic rings. The fourth-order valence-electron chi connectivity index (χ4n) is 4.46. The van der Waals surface area contributed by atoms with E-state index in [2.05, 4.69) is 15.9 Å². The Labute approximate surface area is 222 Å². The molecule has 0 aliphatic heterocycles. The minimum atomic E-state index is -0.810. The third kappa shape index (κ3) is 6.96. The van der Waals surface area contributed by atoms with Crippen molar-refractivity contribution in [2.45, 2.75) is 39.1 Å². The van der Waals surface area contributed by atoms with Crippen LogP contribution in [0.4, 0.5) is 0 Å². The van der Waals surface area contributed by atoms with Crippen LogP contribution in [-0.2, 0) is 20.8 Å². The number of fused-ring (bicyclic) bond motifs is 3. The van der Waals surface area contributed by atoms with Gasteiger partial charge in [0, 0.05) is 19.0 Å². The smallest absolute Gasteiger partial charge is 0.374 e. The van der Waals surface area contributed by atoms with Gasteiger partial charge in [-0.25, -0.2) is 0 Å². The van der Waals surface area contributed by atoms with Gasteiger partial charge in [0.1, 0.15) is 5.75 Å². The second-order valence-electron chi connectivity index (χ2n) is 8.85. The number of rotatable bonds is 11. The van der Waals surface area contributed by atoms with Crippen molar-refractivity contribution in [1.82, 2.24) is 15.9 Å². The Bertz CT molecular complexity index is 1190. The second kappa shape index (κ2) is 13.2. The largest absolute Gasteiger partial charge is 0.493 e. The van der Waals surface area contributed by atoms with Crippen molar-refractivity contribution in [2.24, 2.45) is 0 Å². The van der Waals surface area contributed by atoms with Gasteiger partial charge in [-0.05, 0) is 54.6 Å². The Hall–Kier alpha value is -3.77. The molecule has 4 N–H and O–H groups in total. The third-order valence-electron chi connectivity index (χ3n) is 6.10. The topological polar surface area (TPSA) is 144 Å². The lowest BCUT2D eigenvalue weighted by atomic mass is 9.89. The first-order valence-corrected chi connectivity index (χ1v) is 12.3. The molecule has 0 unspecified atom stereocenters. The van der Waals surface area contributed by atoms with Crippen molar-refractivity contribution in [3.63, 3.8) is 0 Å². The van der Waals surface area contributed by atoms with Gasteiger partial charge in [-0.15, -0.1) is 0 Å². The molecule has 2 aromatic carbocycles. The zero-order valence-electron chi connectivity index (χ0n) is 22.3. The van der Waals surface area contributed by atoms with Gasteiger partial charge in [0.15, 0.2) is 11.5 Å². The van der Waals surface area contributed by atoms with Crippen molar-refractivity contribution in [2.75, 3.05) is 34.4 Å². The van der Waals surface area contributed by atoms with Crippen molar-refractivity contribution in [3.8, 4) is 34.1 Å². The maximum atomic E-state index is 12.5. The van der Waals surface area contributed by atoms with E-state index >= 15 is 0 Å². The van der Waals surface area contributed by atoms with E-state index in [9.17, 15) is 19.4 Å². The van der Waals surface area contributed by atoms with Gasteiger partial charge in [-0.3, -0.25) is 14.4 Å². The van der Waals surface area contributed by atoms with E-state index in [0.717, 1.165) is 22.3 Å².